The Labute approximate surface area is 132 Å². The molecule has 21 heavy (non-hydrogen) atoms. The number of hydrogen-bond donors (Lipinski definition) is 0. The van der Waals surface area contributed by atoms with E-state index in [4.69, 9.17) is 21.3 Å². The minimum Gasteiger partial charge on any atom is -0.491 e. The number of aromatic nitrogens is 2. The van der Waals surface area contributed by atoms with Crippen LogP contribution in [0.4, 0.5) is 0 Å². The molecule has 1 aromatic heterocycles. The first-order valence-electron chi connectivity index (χ1n) is 7.77. The highest BCUT2D eigenvalue weighted by atomic mass is 35.5. The van der Waals surface area contributed by atoms with E-state index in [1.165, 1.54) is 0 Å². The van der Waals surface area contributed by atoms with Crippen molar-refractivity contribution in [2.24, 2.45) is 5.92 Å². The Bertz CT molecular complexity index is 592. The molecule has 0 saturated heterocycles. The van der Waals surface area contributed by atoms with Gasteiger partial charge in [0.2, 0.25) is 0 Å². The highest BCUT2D eigenvalue weighted by Gasteiger charge is 2.18. The number of rotatable bonds is 7. The van der Waals surface area contributed by atoms with Crippen LogP contribution in [0.1, 0.15) is 52.4 Å². The second kappa shape index (κ2) is 7.17. The van der Waals surface area contributed by atoms with Gasteiger partial charge >= 0.3 is 0 Å². The van der Waals surface area contributed by atoms with Crippen molar-refractivity contribution in [3.05, 3.63) is 24.0 Å². The highest BCUT2D eigenvalue weighted by molar-refractivity contribution is 6.16. The van der Waals surface area contributed by atoms with Crippen LogP contribution in [0.3, 0.4) is 0 Å². The van der Waals surface area contributed by atoms with Crippen molar-refractivity contribution < 1.29 is 4.74 Å². The molecule has 0 aliphatic carbocycles. The van der Waals surface area contributed by atoms with Gasteiger partial charge in [-0.15, -0.1) is 11.6 Å². The Morgan fingerprint density at radius 3 is 2.67 bits per heavy atom. The average Bonchev–Trinajstić information content (AvgIpc) is 2.83. The summed E-state index contributed by atoms with van der Waals surface area (Å²) >= 11 is 6.12. The largest absolute Gasteiger partial charge is 0.491 e. The first-order valence-corrected chi connectivity index (χ1v) is 8.30. The molecule has 0 N–H and O–H groups in total. The van der Waals surface area contributed by atoms with Gasteiger partial charge in [0.15, 0.2) is 0 Å². The second-order valence-corrected chi connectivity index (χ2v) is 6.25. The molecule has 1 atom stereocenters. The van der Waals surface area contributed by atoms with Gasteiger partial charge in [-0.3, -0.25) is 0 Å². The zero-order valence-corrected chi connectivity index (χ0v) is 14.2. The van der Waals surface area contributed by atoms with E-state index >= 15 is 0 Å². The number of imidazole rings is 1. The fraction of sp³-hybridized carbons (Fsp3) is 0.588. The van der Waals surface area contributed by atoms with Crippen molar-refractivity contribution in [2.75, 3.05) is 6.61 Å². The minimum atomic E-state index is 0.380. The summed E-state index contributed by atoms with van der Waals surface area (Å²) in [4.78, 5) is 4.72. The fourth-order valence-corrected chi connectivity index (χ4v) is 3.03. The molecule has 1 unspecified atom stereocenters. The number of benzene rings is 1. The molecule has 0 bridgehead atoms. The van der Waals surface area contributed by atoms with Crippen LogP contribution in [0.25, 0.3) is 11.0 Å². The molecule has 116 valence electrons. The third kappa shape index (κ3) is 3.52. The van der Waals surface area contributed by atoms with E-state index < -0.39 is 0 Å². The molecular weight excluding hydrogens is 284 g/mol. The molecule has 3 nitrogen and oxygen atoms in total. The van der Waals surface area contributed by atoms with Crippen LogP contribution in [-0.4, -0.2) is 16.2 Å². The van der Waals surface area contributed by atoms with E-state index in [1.54, 1.807) is 0 Å². The maximum Gasteiger partial charge on any atom is 0.147 e. The first-order chi connectivity index (χ1) is 10.1. The number of nitrogens with zero attached hydrogens (tertiary/aromatic N) is 2. The average molecular weight is 309 g/mol. The zero-order valence-electron chi connectivity index (χ0n) is 13.4. The normalized spacial score (nSPS) is 13.0. The van der Waals surface area contributed by atoms with E-state index in [0.29, 0.717) is 24.4 Å². The lowest BCUT2D eigenvalue weighted by Crippen LogP contribution is -2.10. The van der Waals surface area contributed by atoms with Crippen molar-refractivity contribution in [2.45, 2.75) is 52.5 Å². The third-order valence-electron chi connectivity index (χ3n) is 3.59. The Morgan fingerprint density at radius 2 is 2.05 bits per heavy atom. The zero-order chi connectivity index (χ0) is 15.4. The summed E-state index contributed by atoms with van der Waals surface area (Å²) in [6, 6.07) is 6.50. The molecule has 0 amide bonds. The number of para-hydroxylation sites is 1. The molecule has 0 saturated carbocycles. The quantitative estimate of drug-likeness (QED) is 0.660. The summed E-state index contributed by atoms with van der Waals surface area (Å²) in [5.74, 6) is 2.84. The van der Waals surface area contributed by atoms with Gasteiger partial charge in [0, 0.05) is 6.04 Å². The lowest BCUT2D eigenvalue weighted by atomic mass is 10.0. The molecular formula is C17H25ClN2O. The molecule has 1 aromatic carbocycles. The summed E-state index contributed by atoms with van der Waals surface area (Å²) in [6.07, 6.45) is 2.10. The Balaban J connectivity index is 2.48. The summed E-state index contributed by atoms with van der Waals surface area (Å²) in [6.45, 7) is 9.53. The van der Waals surface area contributed by atoms with Crippen LogP contribution in [0, 0.1) is 5.92 Å². The third-order valence-corrected chi connectivity index (χ3v) is 3.83. The van der Waals surface area contributed by atoms with E-state index in [9.17, 15) is 0 Å². The molecule has 0 spiro atoms. The van der Waals surface area contributed by atoms with Crippen molar-refractivity contribution in [1.29, 1.82) is 0 Å². The summed E-state index contributed by atoms with van der Waals surface area (Å²) in [5.41, 5.74) is 2.05. The number of fused-ring (bicyclic) bond motifs is 1. The molecule has 2 rings (SSSR count). The molecule has 4 heteroatoms. The Hall–Kier alpha value is -1.22. The van der Waals surface area contributed by atoms with Gasteiger partial charge in [-0.1, -0.05) is 26.8 Å². The van der Waals surface area contributed by atoms with Gasteiger partial charge in [0.05, 0.1) is 18.0 Å². The summed E-state index contributed by atoms with van der Waals surface area (Å²) in [5, 5.41) is 0. The van der Waals surface area contributed by atoms with Crippen molar-refractivity contribution in [3.63, 3.8) is 0 Å². The van der Waals surface area contributed by atoms with Crippen molar-refractivity contribution in [3.8, 4) is 5.75 Å². The van der Waals surface area contributed by atoms with Crippen LogP contribution >= 0.6 is 11.6 Å². The van der Waals surface area contributed by atoms with E-state index in [-0.39, 0.29) is 0 Å². The van der Waals surface area contributed by atoms with Gasteiger partial charge < -0.3 is 9.30 Å². The van der Waals surface area contributed by atoms with Gasteiger partial charge in [0.1, 0.15) is 17.1 Å². The fourth-order valence-electron chi connectivity index (χ4n) is 2.84. The summed E-state index contributed by atoms with van der Waals surface area (Å²) < 4.78 is 8.09. The standard InChI is InChI=1S/C17H25ClN2O/c1-5-9-21-15-8-6-7-14-17(15)19-16(11-18)20(14)13(4)10-12(2)3/h6-8,12-13H,5,9-11H2,1-4H3. The van der Waals surface area contributed by atoms with Crippen molar-refractivity contribution >= 4 is 22.6 Å². The maximum atomic E-state index is 6.12. The van der Waals surface area contributed by atoms with E-state index in [1.807, 2.05) is 12.1 Å². The topological polar surface area (TPSA) is 27.1 Å². The minimum absolute atomic E-state index is 0.380. The van der Waals surface area contributed by atoms with Gasteiger partial charge in [-0.05, 0) is 37.8 Å². The van der Waals surface area contributed by atoms with Gasteiger partial charge in [-0.25, -0.2) is 4.98 Å². The van der Waals surface area contributed by atoms with Gasteiger partial charge in [-0.2, -0.15) is 0 Å². The predicted molar refractivity (Wildman–Crippen MR) is 89.2 cm³/mol. The van der Waals surface area contributed by atoms with E-state index in [0.717, 1.165) is 35.4 Å². The summed E-state index contributed by atoms with van der Waals surface area (Å²) in [7, 11) is 0. The molecule has 0 fully saturated rings. The molecule has 0 radical (unpaired) electrons. The van der Waals surface area contributed by atoms with Crippen LogP contribution in [0.5, 0.6) is 5.75 Å². The molecule has 2 aromatic rings. The van der Waals surface area contributed by atoms with Crippen LogP contribution in [0.2, 0.25) is 0 Å². The van der Waals surface area contributed by atoms with Crippen LogP contribution in [-0.2, 0) is 5.88 Å². The lowest BCUT2D eigenvalue weighted by Gasteiger charge is -2.19. The number of halogens is 1. The number of hydrogen-bond acceptors (Lipinski definition) is 2. The van der Waals surface area contributed by atoms with E-state index in [2.05, 4.69) is 38.3 Å². The predicted octanol–water partition coefficient (Wildman–Crippen LogP) is 5.17. The number of alkyl halides is 1. The van der Waals surface area contributed by atoms with Crippen LogP contribution < -0.4 is 4.74 Å². The van der Waals surface area contributed by atoms with Crippen molar-refractivity contribution in [1.82, 2.24) is 9.55 Å². The Morgan fingerprint density at radius 1 is 1.29 bits per heavy atom. The molecule has 1 heterocycles. The second-order valence-electron chi connectivity index (χ2n) is 5.98. The maximum absolute atomic E-state index is 6.12. The monoisotopic (exact) mass is 308 g/mol. The molecule has 0 aliphatic heterocycles. The first kappa shape index (κ1) is 16.2. The smallest absolute Gasteiger partial charge is 0.147 e. The molecule has 0 aliphatic rings. The lowest BCUT2D eigenvalue weighted by molar-refractivity contribution is 0.320. The number of ether oxygens (including phenoxy) is 1. The SMILES string of the molecule is CCCOc1cccc2c1nc(CCl)n2C(C)CC(C)C. The Kier molecular flexibility index (Phi) is 5.51. The van der Waals surface area contributed by atoms with Crippen LogP contribution in [0.15, 0.2) is 18.2 Å². The highest BCUT2D eigenvalue weighted by Crippen LogP contribution is 2.31. The van der Waals surface area contributed by atoms with Gasteiger partial charge in [0.25, 0.3) is 0 Å².